The zero-order chi connectivity index (χ0) is 14.8. The maximum Gasteiger partial charge on any atom is 0.255 e. The van der Waals surface area contributed by atoms with Crippen molar-refractivity contribution in [2.45, 2.75) is 32.2 Å². The molecule has 5 heteroatoms. The van der Waals surface area contributed by atoms with Crippen molar-refractivity contribution >= 4 is 11.7 Å². The zero-order valence-electron chi connectivity index (χ0n) is 12.7. The van der Waals surface area contributed by atoms with Crippen LogP contribution in [0.1, 0.15) is 36.5 Å². The van der Waals surface area contributed by atoms with E-state index >= 15 is 0 Å². The van der Waals surface area contributed by atoms with E-state index < -0.39 is 0 Å². The summed E-state index contributed by atoms with van der Waals surface area (Å²) < 4.78 is 0. The maximum atomic E-state index is 12.6. The van der Waals surface area contributed by atoms with Crippen molar-refractivity contribution in [3.05, 3.63) is 23.9 Å². The molecule has 21 heavy (non-hydrogen) atoms. The number of hydrogen-bond acceptors (Lipinski definition) is 4. The van der Waals surface area contributed by atoms with E-state index in [1.807, 2.05) is 17.0 Å². The number of nitrogens with zero attached hydrogens (tertiary/aromatic N) is 3. The van der Waals surface area contributed by atoms with Gasteiger partial charge in [-0.15, -0.1) is 0 Å². The summed E-state index contributed by atoms with van der Waals surface area (Å²) in [6.45, 7) is 5.66. The molecule has 2 unspecified atom stereocenters. The number of anilines is 1. The normalized spacial score (nSPS) is 25.6. The molecule has 0 saturated carbocycles. The van der Waals surface area contributed by atoms with E-state index in [0.717, 1.165) is 31.9 Å². The summed E-state index contributed by atoms with van der Waals surface area (Å²) >= 11 is 0. The van der Waals surface area contributed by atoms with E-state index in [1.54, 1.807) is 6.20 Å². The minimum atomic E-state index is 0.0823. The largest absolute Gasteiger partial charge is 0.357 e. The number of carbonyl (C=O) groups excluding carboxylic acids is 1. The number of nitrogens with two attached hydrogens (primary N) is 1. The number of rotatable bonds is 3. The first-order valence-electron chi connectivity index (χ1n) is 7.91. The van der Waals surface area contributed by atoms with Crippen molar-refractivity contribution in [1.29, 1.82) is 0 Å². The Morgan fingerprint density at radius 1 is 1.38 bits per heavy atom. The summed E-state index contributed by atoms with van der Waals surface area (Å²) in [5, 5.41) is 0. The summed E-state index contributed by atoms with van der Waals surface area (Å²) in [6.07, 6.45) is 5.18. The van der Waals surface area contributed by atoms with Crippen LogP contribution >= 0.6 is 0 Å². The van der Waals surface area contributed by atoms with Gasteiger partial charge >= 0.3 is 0 Å². The highest BCUT2D eigenvalue weighted by atomic mass is 16.2. The molecule has 1 aromatic rings. The van der Waals surface area contributed by atoms with Gasteiger partial charge in [0.05, 0.1) is 5.56 Å². The van der Waals surface area contributed by atoms with Gasteiger partial charge in [-0.05, 0) is 50.8 Å². The predicted octanol–water partition coefficient (Wildman–Crippen LogP) is 1.49. The van der Waals surface area contributed by atoms with Gasteiger partial charge in [-0.25, -0.2) is 4.98 Å². The lowest BCUT2D eigenvalue weighted by Crippen LogP contribution is -2.34. The van der Waals surface area contributed by atoms with E-state index in [4.69, 9.17) is 5.73 Å². The molecule has 0 spiro atoms. The average Bonchev–Trinajstić information content (AvgIpc) is 3.16. The zero-order valence-corrected chi connectivity index (χ0v) is 12.7. The van der Waals surface area contributed by atoms with Crippen LogP contribution in [-0.2, 0) is 0 Å². The summed E-state index contributed by atoms with van der Waals surface area (Å²) in [6, 6.07) is 4.15. The summed E-state index contributed by atoms with van der Waals surface area (Å²) in [7, 11) is 0. The molecule has 0 bridgehead atoms. The Labute approximate surface area is 126 Å². The molecular formula is C16H24N4O. The monoisotopic (exact) mass is 288 g/mol. The number of carbonyl (C=O) groups is 1. The number of aromatic nitrogens is 1. The van der Waals surface area contributed by atoms with Crippen molar-refractivity contribution in [1.82, 2.24) is 9.88 Å². The standard InChI is InChI=1S/C16H24N4O/c1-12-8-13(9-17)11-20(12)16(21)14-4-5-15(18-10-14)19-6-2-3-7-19/h4-5,10,12-13H,2-3,6-9,11,17H2,1H3. The lowest BCUT2D eigenvalue weighted by Gasteiger charge is -2.22. The molecule has 1 aromatic heterocycles. The second-order valence-electron chi connectivity index (χ2n) is 6.24. The van der Waals surface area contributed by atoms with E-state index in [2.05, 4.69) is 16.8 Å². The molecular weight excluding hydrogens is 264 g/mol. The van der Waals surface area contributed by atoms with Crippen LogP contribution in [0.5, 0.6) is 0 Å². The summed E-state index contributed by atoms with van der Waals surface area (Å²) in [5.41, 5.74) is 6.41. The highest BCUT2D eigenvalue weighted by Gasteiger charge is 2.32. The fourth-order valence-corrected chi connectivity index (χ4v) is 3.41. The molecule has 0 radical (unpaired) electrons. The molecule has 1 amide bonds. The molecule has 2 aliphatic heterocycles. The highest BCUT2D eigenvalue weighted by Crippen LogP contribution is 2.24. The first kappa shape index (κ1) is 14.3. The van der Waals surface area contributed by atoms with Gasteiger partial charge in [0.25, 0.3) is 5.91 Å². The van der Waals surface area contributed by atoms with Crippen molar-refractivity contribution in [3.8, 4) is 0 Å². The molecule has 2 saturated heterocycles. The number of amides is 1. The molecule has 3 rings (SSSR count). The van der Waals surface area contributed by atoms with Crippen molar-refractivity contribution in [3.63, 3.8) is 0 Å². The number of pyridine rings is 1. The average molecular weight is 288 g/mol. The highest BCUT2D eigenvalue weighted by molar-refractivity contribution is 5.94. The first-order valence-corrected chi connectivity index (χ1v) is 7.91. The Morgan fingerprint density at radius 2 is 2.14 bits per heavy atom. The van der Waals surface area contributed by atoms with Crippen LogP contribution in [0.25, 0.3) is 0 Å². The molecule has 2 N–H and O–H groups in total. The third-order valence-corrected chi connectivity index (χ3v) is 4.68. The van der Waals surface area contributed by atoms with Crippen LogP contribution in [0.3, 0.4) is 0 Å². The Balaban J connectivity index is 1.70. The van der Waals surface area contributed by atoms with Crippen LogP contribution in [0, 0.1) is 5.92 Å². The summed E-state index contributed by atoms with van der Waals surface area (Å²) in [4.78, 5) is 21.3. The van der Waals surface area contributed by atoms with Gasteiger partial charge in [0.15, 0.2) is 0 Å². The van der Waals surface area contributed by atoms with E-state index in [-0.39, 0.29) is 11.9 Å². The SMILES string of the molecule is CC1CC(CN)CN1C(=O)c1ccc(N2CCCC2)nc1. The maximum absolute atomic E-state index is 12.6. The van der Waals surface area contributed by atoms with Gasteiger partial charge in [-0.3, -0.25) is 4.79 Å². The van der Waals surface area contributed by atoms with Gasteiger partial charge in [-0.2, -0.15) is 0 Å². The molecule has 5 nitrogen and oxygen atoms in total. The fourth-order valence-electron chi connectivity index (χ4n) is 3.41. The van der Waals surface area contributed by atoms with Crippen molar-refractivity contribution < 1.29 is 4.79 Å². The van der Waals surface area contributed by atoms with Crippen molar-refractivity contribution in [2.24, 2.45) is 11.7 Å². The Kier molecular flexibility index (Phi) is 4.10. The van der Waals surface area contributed by atoms with E-state index in [0.29, 0.717) is 18.0 Å². The van der Waals surface area contributed by atoms with E-state index in [1.165, 1.54) is 12.8 Å². The summed E-state index contributed by atoms with van der Waals surface area (Å²) in [5.74, 6) is 1.50. The minimum absolute atomic E-state index is 0.0823. The first-order chi connectivity index (χ1) is 10.2. The molecule has 114 valence electrons. The lowest BCUT2D eigenvalue weighted by atomic mass is 10.1. The third kappa shape index (κ3) is 2.88. The Morgan fingerprint density at radius 3 is 2.71 bits per heavy atom. The number of hydrogen-bond donors (Lipinski definition) is 1. The molecule has 0 aromatic carbocycles. The molecule has 2 aliphatic rings. The van der Waals surface area contributed by atoms with Gasteiger partial charge < -0.3 is 15.5 Å². The lowest BCUT2D eigenvalue weighted by molar-refractivity contribution is 0.0743. The van der Waals surface area contributed by atoms with Gasteiger partial charge in [-0.1, -0.05) is 0 Å². The quantitative estimate of drug-likeness (QED) is 0.915. The number of likely N-dealkylation sites (tertiary alicyclic amines) is 1. The van der Waals surface area contributed by atoms with Gasteiger partial charge in [0.2, 0.25) is 0 Å². The molecule has 0 aliphatic carbocycles. The predicted molar refractivity (Wildman–Crippen MR) is 83.3 cm³/mol. The second kappa shape index (κ2) is 6.02. The van der Waals surface area contributed by atoms with Crippen LogP contribution < -0.4 is 10.6 Å². The molecule has 3 heterocycles. The third-order valence-electron chi connectivity index (χ3n) is 4.68. The van der Waals surface area contributed by atoms with Gasteiger partial charge in [0, 0.05) is 31.9 Å². The van der Waals surface area contributed by atoms with Crippen LogP contribution in [-0.4, -0.2) is 48.0 Å². The van der Waals surface area contributed by atoms with Gasteiger partial charge in [0.1, 0.15) is 5.82 Å². The fraction of sp³-hybridized carbons (Fsp3) is 0.625. The second-order valence-corrected chi connectivity index (χ2v) is 6.24. The Hall–Kier alpha value is -1.62. The van der Waals surface area contributed by atoms with E-state index in [9.17, 15) is 4.79 Å². The van der Waals surface area contributed by atoms with Crippen LogP contribution in [0.4, 0.5) is 5.82 Å². The molecule has 2 atom stereocenters. The molecule has 2 fully saturated rings. The topological polar surface area (TPSA) is 62.5 Å². The van der Waals surface area contributed by atoms with Crippen LogP contribution in [0.2, 0.25) is 0 Å². The van der Waals surface area contributed by atoms with Crippen molar-refractivity contribution in [2.75, 3.05) is 31.1 Å². The van der Waals surface area contributed by atoms with Crippen LogP contribution in [0.15, 0.2) is 18.3 Å². The minimum Gasteiger partial charge on any atom is -0.357 e. The Bertz CT molecular complexity index is 496. The smallest absolute Gasteiger partial charge is 0.255 e.